The molecule has 0 aromatic carbocycles. The summed E-state index contributed by atoms with van der Waals surface area (Å²) in [6.07, 6.45) is 7.60. The fourth-order valence-electron chi connectivity index (χ4n) is 2.81. The van der Waals surface area contributed by atoms with Gasteiger partial charge in [0.25, 0.3) is 0 Å². The number of nitrogens with zero attached hydrogens (tertiary/aromatic N) is 3. The molecule has 1 aliphatic carbocycles. The van der Waals surface area contributed by atoms with Crippen LogP contribution in [0.1, 0.15) is 31.4 Å². The quantitative estimate of drug-likeness (QED) is 0.666. The number of aliphatic imine (C=N–C) groups is 1. The highest BCUT2D eigenvalue weighted by atomic mass is 15.3. The summed E-state index contributed by atoms with van der Waals surface area (Å²) in [5.41, 5.74) is 1.30. The van der Waals surface area contributed by atoms with Crippen molar-refractivity contribution in [2.75, 3.05) is 20.6 Å². The van der Waals surface area contributed by atoms with Crippen LogP contribution in [0.2, 0.25) is 0 Å². The molecule has 1 aromatic heterocycles. The summed E-state index contributed by atoms with van der Waals surface area (Å²) in [4.78, 5) is 6.57. The Morgan fingerprint density at radius 2 is 2.21 bits per heavy atom. The zero-order valence-electron chi connectivity index (χ0n) is 12.4. The number of hydrogen-bond acceptors (Lipinski definition) is 1. The number of aryl methyl sites for hydroxylation is 1. The van der Waals surface area contributed by atoms with E-state index in [9.17, 15) is 0 Å². The molecule has 0 bridgehead atoms. The smallest absolute Gasteiger partial charge is 0.193 e. The van der Waals surface area contributed by atoms with E-state index in [1.54, 1.807) is 0 Å². The molecule has 1 heterocycles. The topological polar surface area (TPSA) is 32.6 Å². The highest BCUT2D eigenvalue weighted by Gasteiger charge is 2.16. The normalized spacial score (nSPS) is 16.9. The van der Waals surface area contributed by atoms with Crippen LogP contribution in [0.3, 0.4) is 0 Å². The van der Waals surface area contributed by atoms with Crippen molar-refractivity contribution >= 4 is 5.96 Å². The molecule has 0 saturated heterocycles. The zero-order chi connectivity index (χ0) is 13.7. The first-order valence-corrected chi connectivity index (χ1v) is 7.22. The fourth-order valence-corrected chi connectivity index (χ4v) is 2.81. The predicted molar refractivity (Wildman–Crippen MR) is 80.2 cm³/mol. The van der Waals surface area contributed by atoms with Crippen LogP contribution < -0.4 is 5.32 Å². The maximum absolute atomic E-state index is 4.38. The molecule has 2 rings (SSSR count). The van der Waals surface area contributed by atoms with Gasteiger partial charge in [0.1, 0.15) is 0 Å². The third kappa shape index (κ3) is 3.75. The van der Waals surface area contributed by atoms with Gasteiger partial charge >= 0.3 is 0 Å². The molecule has 0 spiro atoms. The van der Waals surface area contributed by atoms with Crippen molar-refractivity contribution in [3.63, 3.8) is 0 Å². The van der Waals surface area contributed by atoms with Gasteiger partial charge in [-0.1, -0.05) is 12.8 Å². The zero-order valence-corrected chi connectivity index (χ0v) is 12.4. The molecule has 19 heavy (non-hydrogen) atoms. The summed E-state index contributed by atoms with van der Waals surface area (Å²) < 4.78 is 2.15. The average molecular weight is 262 g/mol. The van der Waals surface area contributed by atoms with Crippen molar-refractivity contribution in [1.29, 1.82) is 0 Å². The van der Waals surface area contributed by atoms with Crippen molar-refractivity contribution in [3.05, 3.63) is 24.0 Å². The second-order valence-corrected chi connectivity index (χ2v) is 5.55. The summed E-state index contributed by atoms with van der Waals surface area (Å²) in [6, 6.07) is 4.23. The van der Waals surface area contributed by atoms with Gasteiger partial charge in [0, 0.05) is 39.6 Å². The lowest BCUT2D eigenvalue weighted by atomic mass is 10.1. The Labute approximate surface area is 116 Å². The second kappa shape index (κ2) is 6.64. The minimum atomic E-state index is 0.834. The predicted octanol–water partition coefficient (Wildman–Crippen LogP) is 2.22. The van der Waals surface area contributed by atoms with Gasteiger partial charge < -0.3 is 14.8 Å². The van der Waals surface area contributed by atoms with E-state index in [-0.39, 0.29) is 0 Å². The Morgan fingerprint density at radius 1 is 1.47 bits per heavy atom. The number of guanidine groups is 1. The molecule has 106 valence electrons. The summed E-state index contributed by atoms with van der Waals surface area (Å²) in [5.74, 6) is 1.83. The molecular weight excluding hydrogens is 236 g/mol. The molecule has 1 N–H and O–H groups in total. The van der Waals surface area contributed by atoms with Gasteiger partial charge in [0.05, 0.1) is 6.54 Å². The van der Waals surface area contributed by atoms with Crippen molar-refractivity contribution in [2.45, 2.75) is 32.2 Å². The Balaban J connectivity index is 1.84. The highest BCUT2D eigenvalue weighted by molar-refractivity contribution is 5.79. The third-order valence-corrected chi connectivity index (χ3v) is 4.05. The van der Waals surface area contributed by atoms with Crippen LogP contribution in [-0.2, 0) is 13.6 Å². The SMILES string of the molecule is CN=C(NCC1CCCC1)N(C)Cc1cccn1C. The van der Waals surface area contributed by atoms with Crippen LogP contribution in [0.4, 0.5) is 0 Å². The van der Waals surface area contributed by atoms with Crippen LogP contribution >= 0.6 is 0 Å². The lowest BCUT2D eigenvalue weighted by Crippen LogP contribution is -2.40. The van der Waals surface area contributed by atoms with Gasteiger partial charge in [-0.05, 0) is 30.9 Å². The molecule has 4 nitrogen and oxygen atoms in total. The Kier molecular flexibility index (Phi) is 4.88. The third-order valence-electron chi connectivity index (χ3n) is 4.05. The van der Waals surface area contributed by atoms with Crippen molar-refractivity contribution in [3.8, 4) is 0 Å². The first-order chi connectivity index (χ1) is 9.20. The van der Waals surface area contributed by atoms with Crippen LogP contribution in [-0.4, -0.2) is 36.1 Å². The van der Waals surface area contributed by atoms with E-state index < -0.39 is 0 Å². The summed E-state index contributed by atoms with van der Waals surface area (Å²) >= 11 is 0. The van der Waals surface area contributed by atoms with Crippen LogP contribution in [0, 0.1) is 5.92 Å². The summed E-state index contributed by atoms with van der Waals surface area (Å²) in [6.45, 7) is 1.94. The van der Waals surface area contributed by atoms with E-state index in [0.29, 0.717) is 0 Å². The Bertz CT molecular complexity index is 416. The number of hydrogen-bond donors (Lipinski definition) is 1. The molecule has 1 fully saturated rings. The van der Waals surface area contributed by atoms with Crippen LogP contribution in [0.15, 0.2) is 23.3 Å². The van der Waals surface area contributed by atoms with Crippen molar-refractivity contribution in [1.82, 2.24) is 14.8 Å². The van der Waals surface area contributed by atoms with Crippen LogP contribution in [0.25, 0.3) is 0 Å². The van der Waals surface area contributed by atoms with Gasteiger partial charge in [-0.2, -0.15) is 0 Å². The van der Waals surface area contributed by atoms with E-state index in [1.165, 1.54) is 31.4 Å². The maximum Gasteiger partial charge on any atom is 0.193 e. The first-order valence-electron chi connectivity index (χ1n) is 7.22. The second-order valence-electron chi connectivity index (χ2n) is 5.55. The van der Waals surface area contributed by atoms with Gasteiger partial charge in [-0.25, -0.2) is 0 Å². The van der Waals surface area contributed by atoms with Gasteiger partial charge in [0.2, 0.25) is 0 Å². The van der Waals surface area contributed by atoms with Crippen molar-refractivity contribution < 1.29 is 0 Å². The molecule has 0 atom stereocenters. The van der Waals surface area contributed by atoms with E-state index in [4.69, 9.17) is 0 Å². The lowest BCUT2D eigenvalue weighted by Gasteiger charge is -2.23. The molecule has 0 unspecified atom stereocenters. The molecule has 1 aliphatic rings. The molecule has 1 aromatic rings. The van der Waals surface area contributed by atoms with E-state index >= 15 is 0 Å². The van der Waals surface area contributed by atoms with E-state index in [2.05, 4.69) is 52.2 Å². The molecule has 0 amide bonds. The number of nitrogens with one attached hydrogen (secondary N) is 1. The molecule has 1 saturated carbocycles. The molecule has 0 aliphatic heterocycles. The lowest BCUT2D eigenvalue weighted by molar-refractivity contribution is 0.446. The standard InChI is InChI=1S/C15H26N4/c1-16-15(17-11-13-7-4-5-8-13)19(3)12-14-9-6-10-18(14)2/h6,9-10,13H,4-5,7-8,11-12H2,1-3H3,(H,16,17). The minimum Gasteiger partial charge on any atom is -0.356 e. The Morgan fingerprint density at radius 3 is 2.79 bits per heavy atom. The summed E-state index contributed by atoms with van der Waals surface area (Å²) in [5, 5.41) is 3.51. The highest BCUT2D eigenvalue weighted by Crippen LogP contribution is 2.23. The monoisotopic (exact) mass is 262 g/mol. The maximum atomic E-state index is 4.38. The largest absolute Gasteiger partial charge is 0.356 e. The number of rotatable bonds is 4. The molecular formula is C15H26N4. The first kappa shape index (κ1) is 14.0. The van der Waals surface area contributed by atoms with Gasteiger partial charge in [0.15, 0.2) is 5.96 Å². The number of aromatic nitrogens is 1. The minimum absolute atomic E-state index is 0.834. The van der Waals surface area contributed by atoms with Gasteiger partial charge in [-0.3, -0.25) is 4.99 Å². The Hall–Kier alpha value is -1.45. The summed E-state index contributed by atoms with van der Waals surface area (Å²) in [7, 11) is 6.04. The fraction of sp³-hybridized carbons (Fsp3) is 0.667. The average Bonchev–Trinajstić information content (AvgIpc) is 3.03. The molecule has 4 heteroatoms. The van der Waals surface area contributed by atoms with Crippen molar-refractivity contribution in [2.24, 2.45) is 18.0 Å². The van der Waals surface area contributed by atoms with Crippen LogP contribution in [0.5, 0.6) is 0 Å². The van der Waals surface area contributed by atoms with E-state index in [1.807, 2.05) is 7.05 Å². The van der Waals surface area contributed by atoms with Gasteiger partial charge in [-0.15, -0.1) is 0 Å². The molecule has 0 radical (unpaired) electrons. The van der Waals surface area contributed by atoms with E-state index in [0.717, 1.165) is 25.0 Å².